The minimum atomic E-state index is -0.234. The average molecular weight is 374 g/mol. The molecule has 2 aromatic rings. The number of rotatable bonds is 8. The number of nitrogens with one attached hydrogen (secondary N) is 1. The normalized spacial score (nSPS) is 16.8. The zero-order valence-electron chi connectivity index (χ0n) is 13.6. The quantitative estimate of drug-likeness (QED) is 0.643. The molecule has 3 heteroatoms. The molecule has 0 aliphatic heterocycles. The topological polar surface area (TPSA) is 21.3 Å². The Balaban J connectivity index is 1.65. The van der Waals surface area contributed by atoms with E-state index in [-0.39, 0.29) is 5.72 Å². The number of aryl methyl sites for hydroxylation is 1. The van der Waals surface area contributed by atoms with Gasteiger partial charge in [-0.15, -0.1) is 0 Å². The van der Waals surface area contributed by atoms with Crippen LogP contribution in [0.15, 0.2) is 59.1 Å². The van der Waals surface area contributed by atoms with Crippen molar-refractivity contribution in [2.24, 2.45) is 5.92 Å². The fraction of sp³-hybridized carbons (Fsp3) is 0.400. The SMILES string of the molecule is CNC(CCCc1ccccc1)(Oc1ccc(Br)cc1)C1CC1. The summed E-state index contributed by atoms with van der Waals surface area (Å²) >= 11 is 3.48. The van der Waals surface area contributed by atoms with Gasteiger partial charge in [0.1, 0.15) is 5.75 Å². The molecule has 1 fully saturated rings. The van der Waals surface area contributed by atoms with Gasteiger partial charge in [-0.1, -0.05) is 46.3 Å². The molecule has 2 aromatic carbocycles. The Morgan fingerprint density at radius 1 is 1.09 bits per heavy atom. The van der Waals surface area contributed by atoms with Crippen LogP contribution in [-0.4, -0.2) is 12.8 Å². The summed E-state index contributed by atoms with van der Waals surface area (Å²) in [5.74, 6) is 1.56. The molecule has 2 nitrogen and oxygen atoms in total. The minimum Gasteiger partial charge on any atom is -0.473 e. The van der Waals surface area contributed by atoms with Crippen molar-refractivity contribution < 1.29 is 4.74 Å². The third kappa shape index (κ3) is 4.36. The van der Waals surface area contributed by atoms with Crippen molar-refractivity contribution in [2.45, 2.75) is 37.8 Å². The maximum Gasteiger partial charge on any atom is 0.163 e. The zero-order valence-corrected chi connectivity index (χ0v) is 15.2. The van der Waals surface area contributed by atoms with E-state index < -0.39 is 0 Å². The highest BCUT2D eigenvalue weighted by atomic mass is 79.9. The highest BCUT2D eigenvalue weighted by molar-refractivity contribution is 9.10. The summed E-state index contributed by atoms with van der Waals surface area (Å²) in [5, 5.41) is 3.49. The van der Waals surface area contributed by atoms with Crippen molar-refractivity contribution in [2.75, 3.05) is 7.05 Å². The summed E-state index contributed by atoms with van der Waals surface area (Å²) in [5.41, 5.74) is 1.17. The summed E-state index contributed by atoms with van der Waals surface area (Å²) in [6.45, 7) is 0. The Bertz CT molecular complexity index is 609. The van der Waals surface area contributed by atoms with Crippen LogP contribution >= 0.6 is 15.9 Å². The molecule has 0 bridgehead atoms. The number of hydrogen-bond acceptors (Lipinski definition) is 2. The summed E-state index contributed by atoms with van der Waals surface area (Å²) in [6, 6.07) is 18.8. The standard InChI is InChI=1S/C20H24BrNO/c1-22-20(17-9-10-17,23-19-13-11-18(21)12-14-19)15-5-8-16-6-3-2-4-7-16/h2-4,6-7,11-14,17,22H,5,8-10,15H2,1H3. The first-order chi connectivity index (χ1) is 11.2. The van der Waals surface area contributed by atoms with E-state index in [0.717, 1.165) is 29.5 Å². The maximum atomic E-state index is 6.44. The molecule has 1 aliphatic carbocycles. The third-order valence-electron chi connectivity index (χ3n) is 4.63. The molecule has 0 aromatic heterocycles. The van der Waals surface area contributed by atoms with Crippen molar-refractivity contribution in [1.29, 1.82) is 0 Å². The van der Waals surface area contributed by atoms with Gasteiger partial charge in [0.15, 0.2) is 5.72 Å². The van der Waals surface area contributed by atoms with Crippen LogP contribution in [0.4, 0.5) is 0 Å². The smallest absolute Gasteiger partial charge is 0.163 e. The van der Waals surface area contributed by atoms with Crippen molar-refractivity contribution in [3.8, 4) is 5.75 Å². The van der Waals surface area contributed by atoms with Crippen LogP contribution in [0.5, 0.6) is 5.75 Å². The molecular formula is C20H24BrNO. The Kier molecular flexibility index (Phi) is 5.39. The summed E-state index contributed by atoms with van der Waals surface area (Å²) in [6.07, 6.45) is 5.75. The molecule has 1 aliphatic rings. The highest BCUT2D eigenvalue weighted by Crippen LogP contribution is 2.43. The fourth-order valence-electron chi connectivity index (χ4n) is 3.18. The van der Waals surface area contributed by atoms with Gasteiger partial charge in [-0.2, -0.15) is 0 Å². The van der Waals surface area contributed by atoms with E-state index in [1.165, 1.54) is 18.4 Å². The zero-order chi connectivity index (χ0) is 16.1. The van der Waals surface area contributed by atoms with Crippen LogP contribution in [0.1, 0.15) is 31.2 Å². The second kappa shape index (κ2) is 7.50. The molecule has 0 saturated heterocycles. The molecule has 23 heavy (non-hydrogen) atoms. The molecule has 1 unspecified atom stereocenters. The van der Waals surface area contributed by atoms with E-state index in [2.05, 4.69) is 51.6 Å². The molecular weight excluding hydrogens is 350 g/mol. The Hall–Kier alpha value is -1.32. The second-order valence-electron chi connectivity index (χ2n) is 6.31. The lowest BCUT2D eigenvalue weighted by atomic mass is 9.98. The average Bonchev–Trinajstić information content (AvgIpc) is 3.42. The number of hydrogen-bond donors (Lipinski definition) is 1. The van der Waals surface area contributed by atoms with Gasteiger partial charge in [-0.25, -0.2) is 0 Å². The van der Waals surface area contributed by atoms with E-state index in [1.807, 2.05) is 31.3 Å². The molecule has 1 atom stereocenters. The van der Waals surface area contributed by atoms with Crippen LogP contribution in [0.3, 0.4) is 0 Å². The van der Waals surface area contributed by atoms with E-state index in [0.29, 0.717) is 5.92 Å². The van der Waals surface area contributed by atoms with Gasteiger partial charge in [-0.3, -0.25) is 5.32 Å². The van der Waals surface area contributed by atoms with Crippen LogP contribution < -0.4 is 10.1 Å². The van der Waals surface area contributed by atoms with Gasteiger partial charge >= 0.3 is 0 Å². The Morgan fingerprint density at radius 3 is 2.39 bits per heavy atom. The van der Waals surface area contributed by atoms with Crippen molar-refractivity contribution >= 4 is 15.9 Å². The first-order valence-corrected chi connectivity index (χ1v) is 9.18. The summed E-state index contributed by atoms with van der Waals surface area (Å²) < 4.78 is 7.52. The highest BCUT2D eigenvalue weighted by Gasteiger charge is 2.46. The van der Waals surface area contributed by atoms with Crippen molar-refractivity contribution in [3.63, 3.8) is 0 Å². The van der Waals surface area contributed by atoms with Gasteiger partial charge < -0.3 is 4.74 Å². The third-order valence-corrected chi connectivity index (χ3v) is 5.16. The van der Waals surface area contributed by atoms with Crippen molar-refractivity contribution in [3.05, 3.63) is 64.6 Å². The molecule has 122 valence electrons. The summed E-state index contributed by atoms with van der Waals surface area (Å²) in [4.78, 5) is 0. The molecule has 0 spiro atoms. The lowest BCUT2D eigenvalue weighted by Crippen LogP contribution is -2.50. The monoisotopic (exact) mass is 373 g/mol. The van der Waals surface area contributed by atoms with Crippen LogP contribution in [0.2, 0.25) is 0 Å². The van der Waals surface area contributed by atoms with E-state index in [1.54, 1.807) is 0 Å². The van der Waals surface area contributed by atoms with E-state index in [9.17, 15) is 0 Å². The Labute approximate surface area is 147 Å². The second-order valence-corrected chi connectivity index (χ2v) is 7.22. The molecule has 3 rings (SSSR count). The molecule has 0 heterocycles. The predicted octanol–water partition coefficient (Wildman–Crippen LogP) is 5.18. The minimum absolute atomic E-state index is 0.234. The largest absolute Gasteiger partial charge is 0.473 e. The van der Waals surface area contributed by atoms with Crippen molar-refractivity contribution in [1.82, 2.24) is 5.32 Å². The van der Waals surface area contributed by atoms with Crippen LogP contribution in [0, 0.1) is 5.92 Å². The predicted molar refractivity (Wildman–Crippen MR) is 98.7 cm³/mol. The first kappa shape index (κ1) is 16.5. The van der Waals surface area contributed by atoms with E-state index >= 15 is 0 Å². The fourth-order valence-corrected chi connectivity index (χ4v) is 3.45. The lowest BCUT2D eigenvalue weighted by Gasteiger charge is -2.35. The van der Waals surface area contributed by atoms with Gasteiger partial charge in [0, 0.05) is 16.8 Å². The maximum absolute atomic E-state index is 6.44. The summed E-state index contributed by atoms with van der Waals surface area (Å²) in [7, 11) is 2.03. The first-order valence-electron chi connectivity index (χ1n) is 8.39. The van der Waals surface area contributed by atoms with Gasteiger partial charge in [0.05, 0.1) is 0 Å². The van der Waals surface area contributed by atoms with Crippen LogP contribution in [-0.2, 0) is 6.42 Å². The molecule has 0 radical (unpaired) electrons. The number of benzene rings is 2. The lowest BCUT2D eigenvalue weighted by molar-refractivity contribution is 0.00753. The Morgan fingerprint density at radius 2 is 1.78 bits per heavy atom. The van der Waals surface area contributed by atoms with Gasteiger partial charge in [0.2, 0.25) is 0 Å². The molecule has 1 saturated carbocycles. The van der Waals surface area contributed by atoms with Gasteiger partial charge in [-0.05, 0) is 62.6 Å². The number of halogens is 1. The molecule has 0 amide bonds. The van der Waals surface area contributed by atoms with E-state index in [4.69, 9.17) is 4.74 Å². The number of ether oxygens (including phenoxy) is 1. The molecule has 1 N–H and O–H groups in total. The van der Waals surface area contributed by atoms with Crippen LogP contribution in [0.25, 0.3) is 0 Å². The van der Waals surface area contributed by atoms with Gasteiger partial charge in [0.25, 0.3) is 0 Å².